The average molecular weight is 414 g/mol. The Morgan fingerprint density at radius 1 is 1.13 bits per heavy atom. The van der Waals surface area contributed by atoms with Crippen molar-refractivity contribution in [2.24, 2.45) is 11.8 Å². The molecule has 1 atom stereocenters. The number of benzene rings is 1. The number of nitrogens with one attached hydrogen (secondary N) is 1. The highest BCUT2D eigenvalue weighted by Crippen LogP contribution is 2.41. The number of rotatable bonds is 5. The zero-order chi connectivity index (χ0) is 21.3. The number of carboxylic acids is 1. The molecule has 1 aliphatic carbocycles. The Morgan fingerprint density at radius 3 is 2.33 bits per heavy atom. The molecule has 0 bridgehead atoms. The number of carbonyl (C=O) groups excluding carboxylic acids is 1. The fourth-order valence-corrected chi connectivity index (χ4v) is 5.94. The van der Waals surface area contributed by atoms with Crippen molar-refractivity contribution in [3.05, 3.63) is 30.3 Å². The van der Waals surface area contributed by atoms with Gasteiger partial charge < -0.3 is 20.2 Å². The number of hydrogen-bond donors (Lipinski definition) is 2. The predicted molar refractivity (Wildman–Crippen MR) is 117 cm³/mol. The molecule has 2 N–H and O–H groups in total. The lowest BCUT2D eigenvalue weighted by Gasteiger charge is -2.47. The number of aliphatic carboxylic acids is 1. The van der Waals surface area contributed by atoms with Gasteiger partial charge in [-0.25, -0.2) is 0 Å². The molecule has 1 spiro atoms. The van der Waals surface area contributed by atoms with Crippen LogP contribution < -0.4 is 10.2 Å². The molecule has 0 unspecified atom stereocenters. The predicted octanol–water partition coefficient (Wildman–Crippen LogP) is 3.47. The first-order valence-corrected chi connectivity index (χ1v) is 11.5. The van der Waals surface area contributed by atoms with Gasteiger partial charge in [0.25, 0.3) is 0 Å². The zero-order valence-electron chi connectivity index (χ0n) is 18.2. The van der Waals surface area contributed by atoms with Crippen LogP contribution in [0.5, 0.6) is 0 Å². The third-order valence-electron chi connectivity index (χ3n) is 7.72. The minimum Gasteiger partial charge on any atom is -0.481 e. The molecule has 2 aliphatic heterocycles. The van der Waals surface area contributed by atoms with Crippen LogP contribution in [0, 0.1) is 11.8 Å². The van der Waals surface area contributed by atoms with Gasteiger partial charge in [-0.2, -0.15) is 0 Å². The third kappa shape index (κ3) is 3.94. The van der Waals surface area contributed by atoms with Gasteiger partial charge in [0.1, 0.15) is 11.7 Å². The van der Waals surface area contributed by atoms with Crippen LogP contribution in [0.15, 0.2) is 30.3 Å². The molecule has 3 fully saturated rings. The van der Waals surface area contributed by atoms with Crippen molar-refractivity contribution in [1.29, 1.82) is 0 Å². The summed E-state index contributed by atoms with van der Waals surface area (Å²) in [4.78, 5) is 29.3. The van der Waals surface area contributed by atoms with Crippen LogP contribution in [0.2, 0.25) is 0 Å². The van der Waals surface area contributed by atoms with Crippen LogP contribution in [-0.2, 0) is 9.59 Å². The van der Waals surface area contributed by atoms with Crippen molar-refractivity contribution < 1.29 is 14.7 Å². The molecule has 0 radical (unpaired) electrons. The SMILES string of the molecule is CC(C)C1CCC(N2CCC3(CC2)C(=O)N[C@@H](CC(=O)O)N3c2ccccc2)CC1. The largest absolute Gasteiger partial charge is 0.481 e. The maximum Gasteiger partial charge on any atom is 0.307 e. The molecule has 30 heavy (non-hydrogen) atoms. The number of anilines is 1. The van der Waals surface area contributed by atoms with Crippen molar-refractivity contribution in [2.75, 3.05) is 18.0 Å². The molecule has 0 aromatic heterocycles. The molecule has 2 saturated heterocycles. The van der Waals surface area contributed by atoms with Gasteiger partial charge in [-0.05, 0) is 62.5 Å². The average Bonchev–Trinajstić information content (AvgIpc) is 2.99. The van der Waals surface area contributed by atoms with E-state index in [0.29, 0.717) is 6.04 Å². The molecule has 1 aromatic carbocycles. The Morgan fingerprint density at radius 2 is 1.77 bits per heavy atom. The maximum atomic E-state index is 13.2. The van der Waals surface area contributed by atoms with Gasteiger partial charge in [0, 0.05) is 24.8 Å². The second-order valence-electron chi connectivity index (χ2n) is 9.67. The van der Waals surface area contributed by atoms with Gasteiger partial charge in [0.2, 0.25) is 5.91 Å². The van der Waals surface area contributed by atoms with E-state index in [4.69, 9.17) is 0 Å². The lowest BCUT2D eigenvalue weighted by molar-refractivity contribution is -0.137. The monoisotopic (exact) mass is 413 g/mol. The van der Waals surface area contributed by atoms with Crippen molar-refractivity contribution >= 4 is 17.6 Å². The Balaban J connectivity index is 1.49. The molecule has 1 amide bonds. The highest BCUT2D eigenvalue weighted by molar-refractivity contribution is 5.95. The summed E-state index contributed by atoms with van der Waals surface area (Å²) >= 11 is 0. The molecule has 164 valence electrons. The van der Waals surface area contributed by atoms with E-state index in [9.17, 15) is 14.7 Å². The third-order valence-corrected chi connectivity index (χ3v) is 7.72. The first-order chi connectivity index (χ1) is 14.4. The van der Waals surface area contributed by atoms with Gasteiger partial charge in [-0.15, -0.1) is 0 Å². The molecule has 6 heteroatoms. The van der Waals surface area contributed by atoms with E-state index in [2.05, 4.69) is 29.0 Å². The summed E-state index contributed by atoms with van der Waals surface area (Å²) in [6.45, 7) is 6.46. The van der Waals surface area contributed by atoms with Gasteiger partial charge >= 0.3 is 5.97 Å². The molecule has 2 heterocycles. The molecule has 1 aromatic rings. The van der Waals surface area contributed by atoms with E-state index in [1.54, 1.807) is 0 Å². The second kappa shape index (κ2) is 8.58. The smallest absolute Gasteiger partial charge is 0.307 e. The van der Waals surface area contributed by atoms with Crippen LogP contribution in [0.4, 0.5) is 5.69 Å². The van der Waals surface area contributed by atoms with Gasteiger partial charge in [0.05, 0.1) is 6.42 Å². The summed E-state index contributed by atoms with van der Waals surface area (Å²) in [7, 11) is 0. The number of carbonyl (C=O) groups is 2. The van der Waals surface area contributed by atoms with Crippen molar-refractivity contribution in [1.82, 2.24) is 10.2 Å². The summed E-state index contributed by atoms with van der Waals surface area (Å²) in [6.07, 6.45) is 6.03. The summed E-state index contributed by atoms with van der Waals surface area (Å²) in [6, 6.07) is 10.4. The van der Waals surface area contributed by atoms with E-state index < -0.39 is 17.7 Å². The van der Waals surface area contributed by atoms with Crippen LogP contribution in [0.1, 0.15) is 58.8 Å². The van der Waals surface area contributed by atoms with E-state index in [1.807, 2.05) is 30.3 Å². The van der Waals surface area contributed by atoms with E-state index in [-0.39, 0.29) is 12.3 Å². The first kappa shape index (κ1) is 21.2. The number of likely N-dealkylation sites (tertiary alicyclic amines) is 1. The zero-order valence-corrected chi connectivity index (χ0v) is 18.2. The molecule has 6 nitrogen and oxygen atoms in total. The van der Waals surface area contributed by atoms with Crippen LogP contribution in [0.3, 0.4) is 0 Å². The number of piperidine rings is 1. The number of para-hydroxylation sites is 1. The fourth-order valence-electron chi connectivity index (χ4n) is 5.94. The molecule has 4 rings (SSSR count). The lowest BCUT2D eigenvalue weighted by atomic mass is 9.78. The standard InChI is InChI=1S/C24H35N3O3/c1-17(2)18-8-10-19(11-9-18)26-14-12-24(13-15-26)23(30)25-21(16-22(28)29)27(24)20-6-4-3-5-7-20/h3-7,17-19,21H,8-16H2,1-2H3,(H,25,30)(H,28,29)/t18?,19?,21-/m1/s1. The van der Waals surface area contributed by atoms with E-state index in [0.717, 1.165) is 43.5 Å². The fraction of sp³-hybridized carbons (Fsp3) is 0.667. The Bertz CT molecular complexity index is 750. The van der Waals surface area contributed by atoms with Gasteiger partial charge in [-0.1, -0.05) is 32.0 Å². The molecular formula is C24H35N3O3. The normalized spacial score (nSPS) is 29.4. The van der Waals surface area contributed by atoms with Crippen LogP contribution >= 0.6 is 0 Å². The highest BCUT2D eigenvalue weighted by atomic mass is 16.4. The van der Waals surface area contributed by atoms with Gasteiger partial charge in [-0.3, -0.25) is 9.59 Å². The summed E-state index contributed by atoms with van der Waals surface area (Å²) in [5, 5.41) is 12.4. The number of nitrogens with zero attached hydrogens (tertiary/aromatic N) is 2. The Labute approximate surface area is 179 Å². The lowest BCUT2D eigenvalue weighted by Crippen LogP contribution is -2.59. The van der Waals surface area contributed by atoms with Gasteiger partial charge in [0.15, 0.2) is 0 Å². The van der Waals surface area contributed by atoms with Crippen LogP contribution in [0.25, 0.3) is 0 Å². The van der Waals surface area contributed by atoms with E-state index in [1.165, 1.54) is 25.7 Å². The number of hydrogen-bond acceptors (Lipinski definition) is 4. The van der Waals surface area contributed by atoms with E-state index >= 15 is 0 Å². The quantitative estimate of drug-likeness (QED) is 0.773. The summed E-state index contributed by atoms with van der Waals surface area (Å²) < 4.78 is 0. The summed E-state index contributed by atoms with van der Waals surface area (Å²) in [5.41, 5.74) is 0.278. The number of amides is 1. The minimum atomic E-state index is -0.891. The molecule has 1 saturated carbocycles. The first-order valence-electron chi connectivity index (χ1n) is 11.5. The highest BCUT2D eigenvalue weighted by Gasteiger charge is 2.55. The molecular weight excluding hydrogens is 378 g/mol. The number of carboxylic acid groups (broad SMARTS) is 1. The van der Waals surface area contributed by atoms with Crippen molar-refractivity contribution in [3.8, 4) is 0 Å². The Hall–Kier alpha value is -2.08. The topological polar surface area (TPSA) is 72.9 Å². The van der Waals surface area contributed by atoms with Crippen molar-refractivity contribution in [3.63, 3.8) is 0 Å². The van der Waals surface area contributed by atoms with Crippen molar-refractivity contribution in [2.45, 2.75) is 76.5 Å². The maximum absolute atomic E-state index is 13.2. The molecule has 3 aliphatic rings. The summed E-state index contributed by atoms with van der Waals surface area (Å²) in [5.74, 6) is 0.713. The Kier molecular flexibility index (Phi) is 6.05. The van der Waals surface area contributed by atoms with Crippen LogP contribution in [-0.4, -0.2) is 52.7 Å². The minimum absolute atomic E-state index is 0.0132. The second-order valence-corrected chi connectivity index (χ2v) is 9.67.